The fraction of sp³-hybridized carbons (Fsp3) is 0.250. The monoisotopic (exact) mass is 338 g/mol. The van der Waals surface area contributed by atoms with E-state index in [-0.39, 0.29) is 4.83 Å². The predicted molar refractivity (Wildman–Crippen MR) is 84.7 cm³/mol. The molecule has 3 heteroatoms. The van der Waals surface area contributed by atoms with Gasteiger partial charge < -0.3 is 4.74 Å². The molecule has 0 fully saturated rings. The van der Waals surface area contributed by atoms with Gasteiger partial charge in [0.2, 0.25) is 0 Å². The minimum Gasteiger partial charge on any atom is -0.496 e. The Balaban J connectivity index is 2.49. The van der Waals surface area contributed by atoms with Crippen LogP contribution in [0.2, 0.25) is 5.02 Å². The predicted octanol–water partition coefficient (Wildman–Crippen LogP) is 5.45. The molecule has 0 aliphatic rings. The largest absolute Gasteiger partial charge is 0.496 e. The lowest BCUT2D eigenvalue weighted by atomic mass is 9.98. The first-order valence-corrected chi connectivity index (χ1v) is 7.37. The summed E-state index contributed by atoms with van der Waals surface area (Å²) in [5.74, 6) is 0.801. The van der Waals surface area contributed by atoms with Gasteiger partial charge in [0.05, 0.1) is 11.9 Å². The number of rotatable bonds is 3. The highest BCUT2D eigenvalue weighted by Gasteiger charge is 2.17. The van der Waals surface area contributed by atoms with Crippen LogP contribution in [0.25, 0.3) is 0 Å². The van der Waals surface area contributed by atoms with Crippen molar-refractivity contribution in [3.8, 4) is 5.75 Å². The molecule has 19 heavy (non-hydrogen) atoms. The lowest BCUT2D eigenvalue weighted by Crippen LogP contribution is -1.99. The number of ether oxygens (including phenoxy) is 1. The molecule has 1 atom stereocenters. The zero-order chi connectivity index (χ0) is 14.0. The Morgan fingerprint density at radius 3 is 2.47 bits per heavy atom. The first-order valence-electron chi connectivity index (χ1n) is 6.07. The quantitative estimate of drug-likeness (QED) is 0.676. The highest BCUT2D eigenvalue weighted by Crippen LogP contribution is 2.39. The summed E-state index contributed by atoms with van der Waals surface area (Å²) in [7, 11) is 1.66. The highest BCUT2D eigenvalue weighted by atomic mass is 79.9. The van der Waals surface area contributed by atoms with Crippen LogP contribution >= 0.6 is 27.5 Å². The van der Waals surface area contributed by atoms with E-state index in [0.717, 1.165) is 11.3 Å². The van der Waals surface area contributed by atoms with Gasteiger partial charge in [0.25, 0.3) is 0 Å². The molecule has 1 nitrogen and oxygen atoms in total. The second-order valence-corrected chi connectivity index (χ2v) is 5.96. The molecular weight excluding hydrogens is 324 g/mol. The van der Waals surface area contributed by atoms with E-state index in [4.69, 9.17) is 16.3 Å². The molecule has 0 bridgehead atoms. The first-order chi connectivity index (χ1) is 9.02. The van der Waals surface area contributed by atoms with Gasteiger partial charge in [-0.25, -0.2) is 0 Å². The molecule has 0 heterocycles. The SMILES string of the molecule is COc1cc(Cl)ccc1C(Br)c1cc(C)ccc1C. The van der Waals surface area contributed by atoms with Crippen LogP contribution in [-0.2, 0) is 0 Å². The van der Waals surface area contributed by atoms with Gasteiger partial charge in [-0.15, -0.1) is 0 Å². The third-order valence-corrected chi connectivity index (χ3v) is 4.40. The van der Waals surface area contributed by atoms with Crippen LogP contribution in [0.3, 0.4) is 0 Å². The Morgan fingerprint density at radius 2 is 1.79 bits per heavy atom. The molecule has 0 saturated heterocycles. The Morgan fingerprint density at radius 1 is 1.05 bits per heavy atom. The molecule has 0 aliphatic carbocycles. The molecule has 100 valence electrons. The van der Waals surface area contributed by atoms with Crippen LogP contribution in [0.1, 0.15) is 27.1 Å². The lowest BCUT2D eigenvalue weighted by molar-refractivity contribution is 0.410. The van der Waals surface area contributed by atoms with E-state index in [0.29, 0.717) is 5.02 Å². The minimum absolute atomic E-state index is 0.0969. The Hall–Kier alpha value is -0.990. The van der Waals surface area contributed by atoms with Crippen LogP contribution < -0.4 is 4.74 Å². The molecule has 2 rings (SSSR count). The van der Waals surface area contributed by atoms with Crippen molar-refractivity contribution in [2.75, 3.05) is 7.11 Å². The van der Waals surface area contributed by atoms with Crippen molar-refractivity contribution in [2.24, 2.45) is 0 Å². The topological polar surface area (TPSA) is 9.23 Å². The van der Waals surface area contributed by atoms with Crippen LogP contribution in [-0.4, -0.2) is 7.11 Å². The molecule has 0 saturated carbocycles. The maximum absolute atomic E-state index is 6.01. The van der Waals surface area contributed by atoms with Crippen molar-refractivity contribution in [3.63, 3.8) is 0 Å². The zero-order valence-electron chi connectivity index (χ0n) is 11.2. The number of benzene rings is 2. The van der Waals surface area contributed by atoms with Gasteiger partial charge in [-0.2, -0.15) is 0 Å². The summed E-state index contributed by atoms with van der Waals surface area (Å²) < 4.78 is 5.42. The first kappa shape index (κ1) is 14.4. The number of hydrogen-bond donors (Lipinski definition) is 0. The summed E-state index contributed by atoms with van der Waals surface area (Å²) in [6.45, 7) is 4.22. The molecule has 0 radical (unpaired) electrons. The van der Waals surface area contributed by atoms with Crippen LogP contribution in [0.4, 0.5) is 0 Å². The Bertz CT molecular complexity index is 595. The van der Waals surface area contributed by atoms with E-state index < -0.39 is 0 Å². The highest BCUT2D eigenvalue weighted by molar-refractivity contribution is 9.09. The molecule has 1 unspecified atom stereocenters. The van der Waals surface area contributed by atoms with Crippen molar-refractivity contribution in [1.29, 1.82) is 0 Å². The third-order valence-electron chi connectivity index (χ3n) is 3.18. The molecule has 0 amide bonds. The number of halogens is 2. The summed E-state index contributed by atoms with van der Waals surface area (Å²) in [5.41, 5.74) is 4.84. The molecule has 0 N–H and O–H groups in total. The third kappa shape index (κ3) is 3.13. The zero-order valence-corrected chi connectivity index (χ0v) is 13.5. The van der Waals surface area contributed by atoms with Crippen molar-refractivity contribution in [1.82, 2.24) is 0 Å². The average Bonchev–Trinajstić information content (AvgIpc) is 2.40. The molecule has 0 spiro atoms. The second-order valence-electron chi connectivity index (χ2n) is 4.61. The summed E-state index contributed by atoms with van der Waals surface area (Å²) in [4.78, 5) is 0.0969. The van der Waals surface area contributed by atoms with Crippen LogP contribution in [0.15, 0.2) is 36.4 Å². The molecule has 0 aliphatic heterocycles. The van der Waals surface area contributed by atoms with Crippen molar-refractivity contribution in [2.45, 2.75) is 18.7 Å². The lowest BCUT2D eigenvalue weighted by Gasteiger charge is -2.17. The summed E-state index contributed by atoms with van der Waals surface area (Å²) in [5, 5.41) is 0.682. The van der Waals surface area contributed by atoms with Crippen molar-refractivity contribution >= 4 is 27.5 Å². The van der Waals surface area contributed by atoms with Gasteiger partial charge in [0.15, 0.2) is 0 Å². The summed E-state index contributed by atoms with van der Waals surface area (Å²) in [6.07, 6.45) is 0. The van der Waals surface area contributed by atoms with Crippen molar-refractivity contribution < 1.29 is 4.74 Å². The molecule has 2 aromatic carbocycles. The van der Waals surface area contributed by atoms with Gasteiger partial charge in [0.1, 0.15) is 5.75 Å². The van der Waals surface area contributed by atoms with E-state index in [1.54, 1.807) is 7.11 Å². The smallest absolute Gasteiger partial charge is 0.125 e. The van der Waals surface area contributed by atoms with Gasteiger partial charge in [-0.05, 0) is 37.1 Å². The summed E-state index contributed by atoms with van der Waals surface area (Å²) >= 11 is 9.78. The van der Waals surface area contributed by atoms with Gasteiger partial charge in [-0.1, -0.05) is 57.4 Å². The fourth-order valence-electron chi connectivity index (χ4n) is 2.09. The maximum atomic E-state index is 6.01. The number of hydrogen-bond acceptors (Lipinski definition) is 1. The molecule has 2 aromatic rings. The van der Waals surface area contributed by atoms with E-state index in [2.05, 4.69) is 48.0 Å². The number of aryl methyl sites for hydroxylation is 2. The normalized spacial score (nSPS) is 12.3. The van der Waals surface area contributed by atoms with Crippen LogP contribution in [0.5, 0.6) is 5.75 Å². The van der Waals surface area contributed by atoms with Gasteiger partial charge in [-0.3, -0.25) is 0 Å². The minimum atomic E-state index is 0.0969. The van der Waals surface area contributed by atoms with Gasteiger partial charge >= 0.3 is 0 Å². The Labute approximate surface area is 127 Å². The standard InChI is InChI=1S/C16H16BrClO/c1-10-4-5-11(2)14(8-10)16(17)13-7-6-12(18)9-15(13)19-3/h4-9,16H,1-3H3. The molecule has 0 aromatic heterocycles. The number of methoxy groups -OCH3 is 1. The van der Waals surface area contributed by atoms with Gasteiger partial charge in [0, 0.05) is 10.6 Å². The van der Waals surface area contributed by atoms with E-state index in [1.807, 2.05) is 18.2 Å². The maximum Gasteiger partial charge on any atom is 0.125 e. The molecular formula is C16H16BrClO. The van der Waals surface area contributed by atoms with Crippen LogP contribution in [0, 0.1) is 13.8 Å². The van der Waals surface area contributed by atoms with E-state index in [1.165, 1.54) is 16.7 Å². The Kier molecular flexibility index (Phi) is 4.54. The van der Waals surface area contributed by atoms with E-state index in [9.17, 15) is 0 Å². The fourth-order valence-corrected chi connectivity index (χ4v) is 3.13. The average molecular weight is 340 g/mol. The van der Waals surface area contributed by atoms with Crippen molar-refractivity contribution in [3.05, 3.63) is 63.7 Å². The summed E-state index contributed by atoms with van der Waals surface area (Å²) in [6, 6.07) is 12.2. The van der Waals surface area contributed by atoms with E-state index >= 15 is 0 Å². The number of alkyl halides is 1. The second kappa shape index (κ2) is 5.98.